The van der Waals surface area contributed by atoms with Crippen molar-refractivity contribution in [3.8, 4) is 5.75 Å². The maximum atomic E-state index is 5.55. The first-order chi connectivity index (χ1) is 8.45. The average molecular weight is 245 g/mol. The number of aryl methyl sites for hydroxylation is 1. The van der Waals surface area contributed by atoms with Gasteiger partial charge in [0, 0.05) is 0 Å². The van der Waals surface area contributed by atoms with Crippen LogP contribution in [0.5, 0.6) is 5.75 Å². The van der Waals surface area contributed by atoms with Crippen molar-refractivity contribution >= 4 is 11.3 Å². The molecule has 0 aliphatic rings. The monoisotopic (exact) mass is 245 g/mol. The van der Waals surface area contributed by atoms with Crippen LogP contribution in [-0.2, 0) is 6.42 Å². The summed E-state index contributed by atoms with van der Waals surface area (Å²) in [7, 11) is 0. The molecule has 0 amide bonds. The highest BCUT2D eigenvalue weighted by Crippen LogP contribution is 2.14. The van der Waals surface area contributed by atoms with E-state index in [0.717, 1.165) is 18.8 Å². The average Bonchev–Trinajstić information content (AvgIpc) is 2.88. The molecule has 1 aromatic heterocycles. The Kier molecular flexibility index (Phi) is 5.11. The van der Waals surface area contributed by atoms with Crippen molar-refractivity contribution in [3.05, 3.63) is 52.7 Å². The molecule has 1 nitrogen and oxygen atoms in total. The summed E-state index contributed by atoms with van der Waals surface area (Å²) in [4.78, 5) is 0. The van der Waals surface area contributed by atoms with Crippen molar-refractivity contribution in [1.82, 2.24) is 0 Å². The van der Waals surface area contributed by atoms with Gasteiger partial charge >= 0.3 is 0 Å². The molecule has 0 atom stereocenters. The molecular formula is C15H17OS. The van der Waals surface area contributed by atoms with Gasteiger partial charge in [-0.05, 0) is 42.7 Å². The van der Waals surface area contributed by atoms with Crippen LogP contribution in [0.1, 0.15) is 24.8 Å². The van der Waals surface area contributed by atoms with E-state index in [2.05, 4.69) is 35.7 Å². The van der Waals surface area contributed by atoms with Gasteiger partial charge in [-0.3, -0.25) is 0 Å². The molecule has 0 fully saturated rings. The van der Waals surface area contributed by atoms with Gasteiger partial charge in [-0.25, -0.2) is 0 Å². The van der Waals surface area contributed by atoms with Gasteiger partial charge in [-0.15, -0.1) is 11.3 Å². The molecule has 2 aromatic rings. The first kappa shape index (κ1) is 12.2. The minimum absolute atomic E-state index is 0.808. The lowest BCUT2D eigenvalue weighted by atomic mass is 10.1. The van der Waals surface area contributed by atoms with E-state index >= 15 is 0 Å². The van der Waals surface area contributed by atoms with E-state index in [-0.39, 0.29) is 0 Å². The molecule has 0 unspecified atom stereocenters. The molecule has 2 heteroatoms. The van der Waals surface area contributed by atoms with Crippen LogP contribution in [0.2, 0.25) is 0 Å². The highest BCUT2D eigenvalue weighted by atomic mass is 32.1. The van der Waals surface area contributed by atoms with Crippen LogP contribution < -0.4 is 4.74 Å². The Morgan fingerprint density at radius 2 is 1.88 bits per heavy atom. The predicted octanol–water partition coefficient (Wildman–Crippen LogP) is 4.34. The number of hydrogen-bond acceptors (Lipinski definition) is 2. The number of rotatable bonds is 7. The van der Waals surface area contributed by atoms with E-state index in [4.69, 9.17) is 4.74 Å². The SMILES string of the molecule is [c]1sccc1OCCCCCc1ccccc1. The third kappa shape index (κ3) is 4.61. The zero-order valence-corrected chi connectivity index (χ0v) is 10.7. The molecule has 89 valence electrons. The summed E-state index contributed by atoms with van der Waals surface area (Å²) >= 11 is 1.56. The number of unbranched alkanes of at least 4 members (excludes halogenated alkanes) is 2. The van der Waals surface area contributed by atoms with Gasteiger partial charge < -0.3 is 4.74 Å². The number of ether oxygens (including phenoxy) is 1. The summed E-state index contributed by atoms with van der Waals surface area (Å²) in [6, 6.07) is 12.6. The largest absolute Gasteiger partial charge is 0.492 e. The van der Waals surface area contributed by atoms with E-state index in [9.17, 15) is 0 Å². The van der Waals surface area contributed by atoms with Gasteiger partial charge in [0.1, 0.15) is 5.75 Å². The molecule has 0 bridgehead atoms. The van der Waals surface area contributed by atoms with Crippen LogP contribution in [0.3, 0.4) is 0 Å². The van der Waals surface area contributed by atoms with Gasteiger partial charge in [-0.1, -0.05) is 30.3 Å². The van der Waals surface area contributed by atoms with Crippen molar-refractivity contribution < 1.29 is 4.74 Å². The minimum atomic E-state index is 0.808. The van der Waals surface area contributed by atoms with Crippen LogP contribution >= 0.6 is 11.3 Å². The van der Waals surface area contributed by atoms with Gasteiger partial charge in [-0.2, -0.15) is 0 Å². The van der Waals surface area contributed by atoms with Crippen molar-refractivity contribution in [2.75, 3.05) is 6.61 Å². The Bertz CT molecular complexity index is 394. The van der Waals surface area contributed by atoms with Gasteiger partial charge in [0.2, 0.25) is 0 Å². The molecule has 1 heterocycles. The zero-order chi connectivity index (χ0) is 11.8. The minimum Gasteiger partial charge on any atom is -0.492 e. The maximum absolute atomic E-state index is 5.55. The topological polar surface area (TPSA) is 9.23 Å². The van der Waals surface area contributed by atoms with Gasteiger partial charge in [0.15, 0.2) is 0 Å². The normalized spacial score (nSPS) is 10.4. The van der Waals surface area contributed by atoms with E-state index in [0.29, 0.717) is 0 Å². The standard InChI is InChI=1S/C15H17OS/c1-3-7-14(8-4-1)9-5-2-6-11-16-15-10-12-17-13-15/h1,3-4,7-8,10,12H,2,5-6,9,11H2. The van der Waals surface area contributed by atoms with Crippen LogP contribution in [0.25, 0.3) is 0 Å². The second kappa shape index (κ2) is 7.13. The van der Waals surface area contributed by atoms with Crippen LogP contribution in [-0.4, -0.2) is 6.61 Å². The summed E-state index contributed by atoms with van der Waals surface area (Å²) < 4.78 is 5.55. The van der Waals surface area contributed by atoms with Crippen molar-refractivity contribution in [2.45, 2.75) is 25.7 Å². The lowest BCUT2D eigenvalue weighted by Gasteiger charge is -2.03. The Balaban J connectivity index is 1.52. The highest BCUT2D eigenvalue weighted by Gasteiger charge is 1.95. The number of hydrogen-bond donors (Lipinski definition) is 0. The Morgan fingerprint density at radius 3 is 2.65 bits per heavy atom. The molecule has 0 aliphatic carbocycles. The van der Waals surface area contributed by atoms with Gasteiger partial charge in [0.05, 0.1) is 12.0 Å². The predicted molar refractivity (Wildman–Crippen MR) is 72.6 cm³/mol. The summed E-state index contributed by atoms with van der Waals surface area (Å²) in [5, 5.41) is 5.06. The Morgan fingerprint density at radius 1 is 1.00 bits per heavy atom. The van der Waals surface area contributed by atoms with Crippen molar-refractivity contribution in [2.24, 2.45) is 0 Å². The fourth-order valence-corrected chi connectivity index (χ4v) is 2.24. The lowest BCUT2D eigenvalue weighted by molar-refractivity contribution is 0.306. The number of thiophene rings is 1. The van der Waals surface area contributed by atoms with E-state index in [1.54, 1.807) is 11.3 Å². The first-order valence-electron chi connectivity index (χ1n) is 6.07. The maximum Gasteiger partial charge on any atom is 0.138 e. The summed E-state index contributed by atoms with van der Waals surface area (Å²) in [5.41, 5.74) is 1.43. The summed E-state index contributed by atoms with van der Waals surface area (Å²) in [5.74, 6) is 0.887. The van der Waals surface area contributed by atoms with Gasteiger partial charge in [0.25, 0.3) is 0 Å². The third-order valence-electron chi connectivity index (χ3n) is 2.66. The third-order valence-corrected chi connectivity index (χ3v) is 3.25. The second-order valence-electron chi connectivity index (χ2n) is 4.03. The van der Waals surface area contributed by atoms with E-state index in [1.165, 1.54) is 24.8 Å². The van der Waals surface area contributed by atoms with Crippen molar-refractivity contribution in [1.29, 1.82) is 0 Å². The van der Waals surface area contributed by atoms with Crippen molar-refractivity contribution in [3.63, 3.8) is 0 Å². The molecule has 2 rings (SSSR count). The molecule has 1 radical (unpaired) electrons. The first-order valence-corrected chi connectivity index (χ1v) is 6.95. The van der Waals surface area contributed by atoms with Crippen LogP contribution in [0, 0.1) is 5.38 Å². The van der Waals surface area contributed by atoms with E-state index < -0.39 is 0 Å². The Labute approximate surface area is 107 Å². The fourth-order valence-electron chi connectivity index (χ4n) is 1.73. The quantitative estimate of drug-likeness (QED) is 0.659. The number of benzene rings is 1. The molecule has 0 N–H and O–H groups in total. The molecule has 0 aliphatic heterocycles. The smallest absolute Gasteiger partial charge is 0.138 e. The van der Waals surface area contributed by atoms with Crippen LogP contribution in [0.15, 0.2) is 41.8 Å². The van der Waals surface area contributed by atoms with Crippen LogP contribution in [0.4, 0.5) is 0 Å². The molecular weight excluding hydrogens is 228 g/mol. The molecule has 17 heavy (non-hydrogen) atoms. The highest BCUT2D eigenvalue weighted by molar-refractivity contribution is 7.07. The Hall–Kier alpha value is -1.28. The molecule has 0 saturated carbocycles. The summed E-state index contributed by atoms with van der Waals surface area (Å²) in [6.07, 6.45) is 4.75. The van der Waals surface area contributed by atoms with E-state index in [1.807, 2.05) is 11.4 Å². The summed E-state index contributed by atoms with van der Waals surface area (Å²) in [6.45, 7) is 0.808. The fraction of sp³-hybridized carbons (Fsp3) is 0.333. The lowest BCUT2D eigenvalue weighted by Crippen LogP contribution is -1.96. The molecule has 1 aromatic carbocycles. The second-order valence-corrected chi connectivity index (χ2v) is 4.74. The molecule has 0 spiro atoms. The zero-order valence-electron chi connectivity index (χ0n) is 9.89. The molecule has 0 saturated heterocycles.